The molecule has 2 heterocycles. The van der Waals surface area contributed by atoms with Gasteiger partial charge in [-0.2, -0.15) is 4.98 Å². The highest BCUT2D eigenvalue weighted by Gasteiger charge is 2.05. The molecule has 5 heteroatoms. The number of nitrogens with zero attached hydrogens (tertiary/aromatic N) is 4. The highest BCUT2D eigenvalue weighted by molar-refractivity contribution is 5.44. The summed E-state index contributed by atoms with van der Waals surface area (Å²) in [4.78, 5) is 6.89. The van der Waals surface area contributed by atoms with E-state index in [-0.39, 0.29) is 0 Å². The second-order valence-corrected chi connectivity index (χ2v) is 4.73. The summed E-state index contributed by atoms with van der Waals surface area (Å²) in [7, 11) is 0. The minimum absolute atomic E-state index is 0.710. The Kier molecular flexibility index (Phi) is 4.74. The molecule has 104 valence electrons. The van der Waals surface area contributed by atoms with Gasteiger partial charge in [0.2, 0.25) is 5.95 Å². The molecular formula is C14H23N5. The molecule has 0 aliphatic rings. The van der Waals surface area contributed by atoms with Crippen molar-refractivity contribution >= 4 is 11.6 Å². The molecular weight excluding hydrogens is 238 g/mol. The number of fused-ring (bicyclic) bond motifs is 1. The van der Waals surface area contributed by atoms with Gasteiger partial charge in [-0.3, -0.25) is 0 Å². The van der Waals surface area contributed by atoms with Gasteiger partial charge in [0.1, 0.15) is 0 Å². The largest absolute Gasteiger partial charge is 0.352 e. The standard InChI is InChI=1S/C14H23N5/c1-4-10-18(5-2)11-9-15-14-16-13-8-6-7-12(3)19(13)17-14/h6-8H,4-5,9-11H2,1-3H3,(H,15,17). The number of hydrogen-bond donors (Lipinski definition) is 1. The summed E-state index contributed by atoms with van der Waals surface area (Å²) < 4.78 is 1.87. The normalized spacial score (nSPS) is 11.4. The molecule has 2 rings (SSSR count). The second-order valence-electron chi connectivity index (χ2n) is 4.73. The first-order valence-corrected chi connectivity index (χ1v) is 7.03. The lowest BCUT2D eigenvalue weighted by atomic mass is 10.4. The predicted molar refractivity (Wildman–Crippen MR) is 78.6 cm³/mol. The third-order valence-electron chi connectivity index (χ3n) is 3.25. The quantitative estimate of drug-likeness (QED) is 0.830. The van der Waals surface area contributed by atoms with E-state index in [9.17, 15) is 0 Å². The Bertz CT molecular complexity index is 520. The molecule has 0 bridgehead atoms. The van der Waals surface area contributed by atoms with Gasteiger partial charge in [0.25, 0.3) is 0 Å². The zero-order chi connectivity index (χ0) is 13.7. The van der Waals surface area contributed by atoms with Crippen LogP contribution < -0.4 is 5.32 Å². The number of nitrogens with one attached hydrogen (secondary N) is 1. The van der Waals surface area contributed by atoms with Gasteiger partial charge in [-0.15, -0.1) is 5.10 Å². The molecule has 0 saturated carbocycles. The van der Waals surface area contributed by atoms with E-state index in [2.05, 4.69) is 34.1 Å². The van der Waals surface area contributed by atoms with E-state index in [4.69, 9.17) is 0 Å². The van der Waals surface area contributed by atoms with Crippen molar-refractivity contribution in [3.63, 3.8) is 0 Å². The molecule has 0 atom stereocenters. The first kappa shape index (κ1) is 13.8. The molecule has 0 amide bonds. The van der Waals surface area contributed by atoms with Crippen LogP contribution in [0, 0.1) is 6.92 Å². The Morgan fingerprint density at radius 1 is 1.26 bits per heavy atom. The molecule has 0 unspecified atom stereocenters. The highest BCUT2D eigenvalue weighted by Crippen LogP contribution is 2.07. The SMILES string of the molecule is CCCN(CC)CCNc1nc2cccc(C)n2n1. The summed E-state index contributed by atoms with van der Waals surface area (Å²) >= 11 is 0. The molecule has 19 heavy (non-hydrogen) atoms. The van der Waals surface area contributed by atoms with Crippen LogP contribution >= 0.6 is 0 Å². The van der Waals surface area contributed by atoms with Gasteiger partial charge in [-0.05, 0) is 38.6 Å². The van der Waals surface area contributed by atoms with Crippen LogP contribution in [-0.4, -0.2) is 45.7 Å². The first-order valence-electron chi connectivity index (χ1n) is 7.03. The number of aryl methyl sites for hydroxylation is 1. The van der Waals surface area contributed by atoms with E-state index in [0.29, 0.717) is 5.95 Å². The summed E-state index contributed by atoms with van der Waals surface area (Å²) in [6.07, 6.45) is 1.19. The smallest absolute Gasteiger partial charge is 0.243 e. The maximum Gasteiger partial charge on any atom is 0.243 e. The van der Waals surface area contributed by atoms with Crippen molar-refractivity contribution < 1.29 is 0 Å². The maximum atomic E-state index is 4.46. The summed E-state index contributed by atoms with van der Waals surface area (Å²) in [6.45, 7) is 10.6. The average Bonchev–Trinajstić information content (AvgIpc) is 2.82. The van der Waals surface area contributed by atoms with Crippen LogP contribution in [0.5, 0.6) is 0 Å². The molecule has 0 aliphatic heterocycles. The third kappa shape index (κ3) is 3.44. The fraction of sp³-hybridized carbons (Fsp3) is 0.571. The number of aromatic nitrogens is 3. The second kappa shape index (κ2) is 6.52. The number of pyridine rings is 1. The average molecular weight is 261 g/mol. The lowest BCUT2D eigenvalue weighted by Gasteiger charge is -2.19. The third-order valence-corrected chi connectivity index (χ3v) is 3.25. The van der Waals surface area contributed by atoms with Gasteiger partial charge >= 0.3 is 0 Å². The Morgan fingerprint density at radius 2 is 2.11 bits per heavy atom. The van der Waals surface area contributed by atoms with E-state index in [1.165, 1.54) is 6.42 Å². The maximum absolute atomic E-state index is 4.46. The van der Waals surface area contributed by atoms with Gasteiger partial charge in [0.15, 0.2) is 5.65 Å². The number of anilines is 1. The van der Waals surface area contributed by atoms with Crippen LogP contribution in [0.2, 0.25) is 0 Å². The molecule has 2 aromatic rings. The predicted octanol–water partition coefficient (Wildman–Crippen LogP) is 2.18. The van der Waals surface area contributed by atoms with Crippen LogP contribution in [0.4, 0.5) is 5.95 Å². The van der Waals surface area contributed by atoms with Crippen molar-refractivity contribution in [1.82, 2.24) is 19.5 Å². The van der Waals surface area contributed by atoms with Crippen LogP contribution in [0.15, 0.2) is 18.2 Å². The van der Waals surface area contributed by atoms with Crippen LogP contribution in [-0.2, 0) is 0 Å². The number of rotatable bonds is 7. The van der Waals surface area contributed by atoms with Crippen molar-refractivity contribution in [2.24, 2.45) is 0 Å². The van der Waals surface area contributed by atoms with E-state index in [0.717, 1.165) is 37.5 Å². The van der Waals surface area contributed by atoms with Crippen LogP contribution in [0.3, 0.4) is 0 Å². The fourth-order valence-electron chi connectivity index (χ4n) is 2.18. The van der Waals surface area contributed by atoms with Crippen LogP contribution in [0.25, 0.3) is 5.65 Å². The number of likely N-dealkylation sites (N-methyl/N-ethyl adjacent to an activating group) is 1. The lowest BCUT2D eigenvalue weighted by molar-refractivity contribution is 0.300. The van der Waals surface area contributed by atoms with Gasteiger partial charge in [-0.1, -0.05) is 19.9 Å². The molecule has 0 aromatic carbocycles. The molecule has 0 saturated heterocycles. The van der Waals surface area contributed by atoms with Gasteiger partial charge in [0, 0.05) is 18.8 Å². The summed E-state index contributed by atoms with van der Waals surface area (Å²) in [6, 6.07) is 6.01. The summed E-state index contributed by atoms with van der Waals surface area (Å²) in [5.41, 5.74) is 1.99. The monoisotopic (exact) mass is 261 g/mol. The summed E-state index contributed by atoms with van der Waals surface area (Å²) in [5.74, 6) is 0.710. The molecule has 1 N–H and O–H groups in total. The topological polar surface area (TPSA) is 45.5 Å². The Morgan fingerprint density at radius 3 is 2.79 bits per heavy atom. The zero-order valence-corrected chi connectivity index (χ0v) is 12.1. The van der Waals surface area contributed by atoms with E-state index >= 15 is 0 Å². The summed E-state index contributed by atoms with van der Waals surface area (Å²) in [5, 5.41) is 7.76. The molecule has 0 spiro atoms. The van der Waals surface area contributed by atoms with Crippen molar-refractivity contribution in [1.29, 1.82) is 0 Å². The van der Waals surface area contributed by atoms with Crippen LogP contribution in [0.1, 0.15) is 26.0 Å². The highest BCUT2D eigenvalue weighted by atomic mass is 15.4. The molecule has 0 aliphatic carbocycles. The van der Waals surface area contributed by atoms with Gasteiger partial charge in [0.05, 0.1) is 0 Å². The Balaban J connectivity index is 1.93. The van der Waals surface area contributed by atoms with Gasteiger partial charge in [-0.25, -0.2) is 4.52 Å². The van der Waals surface area contributed by atoms with Crippen molar-refractivity contribution in [2.75, 3.05) is 31.5 Å². The minimum atomic E-state index is 0.710. The molecule has 0 fully saturated rings. The van der Waals surface area contributed by atoms with Crippen molar-refractivity contribution in [2.45, 2.75) is 27.2 Å². The Labute approximate surface area is 114 Å². The van der Waals surface area contributed by atoms with E-state index in [1.807, 2.05) is 29.6 Å². The Hall–Kier alpha value is -1.62. The van der Waals surface area contributed by atoms with Crippen molar-refractivity contribution in [3.8, 4) is 0 Å². The molecule has 2 aromatic heterocycles. The van der Waals surface area contributed by atoms with Gasteiger partial charge < -0.3 is 10.2 Å². The minimum Gasteiger partial charge on any atom is -0.352 e. The zero-order valence-electron chi connectivity index (χ0n) is 12.1. The molecule has 0 radical (unpaired) electrons. The number of hydrogen-bond acceptors (Lipinski definition) is 4. The fourth-order valence-corrected chi connectivity index (χ4v) is 2.18. The van der Waals surface area contributed by atoms with Crippen molar-refractivity contribution in [3.05, 3.63) is 23.9 Å². The van der Waals surface area contributed by atoms with E-state index < -0.39 is 0 Å². The lowest BCUT2D eigenvalue weighted by Crippen LogP contribution is -2.29. The first-order chi connectivity index (χ1) is 9.24. The molecule has 5 nitrogen and oxygen atoms in total. The van der Waals surface area contributed by atoms with E-state index in [1.54, 1.807) is 0 Å².